The summed E-state index contributed by atoms with van der Waals surface area (Å²) in [6.07, 6.45) is 1.22. The van der Waals surface area contributed by atoms with E-state index in [0.29, 0.717) is 5.69 Å². The third kappa shape index (κ3) is 1.79. The minimum absolute atomic E-state index is 0.0810. The topological polar surface area (TPSA) is 87.5 Å². The molecule has 1 saturated heterocycles. The van der Waals surface area contributed by atoms with Gasteiger partial charge in [-0.2, -0.15) is 5.10 Å². The maximum Gasteiger partial charge on any atom is 0.341 e. The second kappa shape index (κ2) is 4.00. The van der Waals surface area contributed by atoms with Gasteiger partial charge >= 0.3 is 17.9 Å². The molecule has 1 atom stereocenters. The number of ether oxygens (including phenoxy) is 2. The molecule has 1 unspecified atom stereocenters. The van der Waals surface area contributed by atoms with Crippen LogP contribution < -0.4 is 0 Å². The zero-order chi connectivity index (χ0) is 12.6. The number of cyclic esters (lactones) is 2. The van der Waals surface area contributed by atoms with E-state index in [1.165, 1.54) is 18.0 Å². The molecule has 0 radical (unpaired) electrons. The molecule has 2 rings (SSSR count). The van der Waals surface area contributed by atoms with Gasteiger partial charge < -0.3 is 9.47 Å². The predicted octanol–water partition coefficient (Wildman–Crippen LogP) is -0.236. The largest absolute Gasteiger partial charge is 0.465 e. The predicted molar refractivity (Wildman–Crippen MR) is 53.0 cm³/mol. The quantitative estimate of drug-likeness (QED) is 0.522. The van der Waals surface area contributed by atoms with Crippen LogP contribution in [0.4, 0.5) is 0 Å². The van der Waals surface area contributed by atoms with Gasteiger partial charge in [-0.05, 0) is 0 Å². The first-order valence-corrected chi connectivity index (χ1v) is 4.89. The second-order valence-corrected chi connectivity index (χ2v) is 3.61. The van der Waals surface area contributed by atoms with Gasteiger partial charge in [0.25, 0.3) is 0 Å². The summed E-state index contributed by atoms with van der Waals surface area (Å²) in [6.45, 7) is 0. The fourth-order valence-electron chi connectivity index (χ4n) is 1.81. The Hall–Kier alpha value is -2.18. The van der Waals surface area contributed by atoms with Crippen molar-refractivity contribution in [3.8, 4) is 0 Å². The highest BCUT2D eigenvalue weighted by Crippen LogP contribution is 2.29. The summed E-state index contributed by atoms with van der Waals surface area (Å²) in [4.78, 5) is 34.0. The van der Waals surface area contributed by atoms with E-state index in [4.69, 9.17) is 0 Å². The molecule has 1 aromatic rings. The van der Waals surface area contributed by atoms with Gasteiger partial charge in [0.05, 0.1) is 25.4 Å². The van der Waals surface area contributed by atoms with E-state index in [0.717, 1.165) is 0 Å². The molecule has 0 aliphatic carbocycles. The van der Waals surface area contributed by atoms with Gasteiger partial charge in [0.2, 0.25) is 0 Å². The van der Waals surface area contributed by atoms with Gasteiger partial charge in [0.1, 0.15) is 11.5 Å². The maximum absolute atomic E-state index is 11.5. The molecule has 0 N–H and O–H groups in total. The lowest BCUT2D eigenvalue weighted by Gasteiger charge is -2.07. The van der Waals surface area contributed by atoms with Gasteiger partial charge in [-0.1, -0.05) is 0 Å². The van der Waals surface area contributed by atoms with Crippen LogP contribution in [0.2, 0.25) is 0 Å². The molecule has 0 aromatic carbocycles. The van der Waals surface area contributed by atoms with Crippen LogP contribution in [0.1, 0.15) is 28.4 Å². The van der Waals surface area contributed by atoms with Crippen LogP contribution in [0, 0.1) is 0 Å². The molecule has 0 amide bonds. The summed E-state index contributed by atoms with van der Waals surface area (Å²) in [5.74, 6) is -2.65. The average molecular weight is 238 g/mol. The van der Waals surface area contributed by atoms with Crippen molar-refractivity contribution in [1.82, 2.24) is 9.78 Å². The summed E-state index contributed by atoms with van der Waals surface area (Å²) in [6, 6.07) is 0. The van der Waals surface area contributed by atoms with E-state index in [-0.39, 0.29) is 12.0 Å². The molecule has 1 aliphatic heterocycles. The summed E-state index contributed by atoms with van der Waals surface area (Å²) in [5.41, 5.74) is 0.513. The lowest BCUT2D eigenvalue weighted by molar-refractivity contribution is -0.152. The van der Waals surface area contributed by atoms with Gasteiger partial charge in [-0.25, -0.2) is 4.79 Å². The van der Waals surface area contributed by atoms with Crippen molar-refractivity contribution in [3.63, 3.8) is 0 Å². The molecule has 0 bridgehead atoms. The van der Waals surface area contributed by atoms with Crippen LogP contribution >= 0.6 is 0 Å². The van der Waals surface area contributed by atoms with Gasteiger partial charge in [0.15, 0.2) is 0 Å². The van der Waals surface area contributed by atoms with Gasteiger partial charge in [-0.15, -0.1) is 0 Å². The summed E-state index contributed by atoms with van der Waals surface area (Å²) in [7, 11) is 2.81. The number of hydrogen-bond acceptors (Lipinski definition) is 6. The van der Waals surface area contributed by atoms with Crippen LogP contribution in [0.25, 0.3) is 0 Å². The van der Waals surface area contributed by atoms with Crippen molar-refractivity contribution >= 4 is 17.9 Å². The average Bonchev–Trinajstić information content (AvgIpc) is 2.80. The molecular weight excluding hydrogens is 228 g/mol. The number of rotatable bonds is 2. The zero-order valence-electron chi connectivity index (χ0n) is 9.30. The minimum Gasteiger partial charge on any atom is -0.465 e. The first kappa shape index (κ1) is 11.3. The van der Waals surface area contributed by atoms with E-state index < -0.39 is 23.8 Å². The first-order chi connectivity index (χ1) is 8.04. The van der Waals surface area contributed by atoms with E-state index in [1.807, 2.05) is 0 Å². The van der Waals surface area contributed by atoms with Crippen LogP contribution in [0.3, 0.4) is 0 Å². The van der Waals surface area contributed by atoms with Crippen LogP contribution in [-0.2, 0) is 26.1 Å². The van der Waals surface area contributed by atoms with Crippen molar-refractivity contribution < 1.29 is 23.9 Å². The summed E-state index contributed by atoms with van der Waals surface area (Å²) >= 11 is 0. The zero-order valence-corrected chi connectivity index (χ0v) is 9.30. The molecule has 7 nitrogen and oxygen atoms in total. The van der Waals surface area contributed by atoms with Crippen molar-refractivity contribution in [1.29, 1.82) is 0 Å². The number of aryl methyl sites for hydroxylation is 1. The van der Waals surface area contributed by atoms with Gasteiger partial charge in [-0.3, -0.25) is 14.3 Å². The summed E-state index contributed by atoms with van der Waals surface area (Å²) in [5, 5.41) is 3.89. The van der Waals surface area contributed by atoms with Crippen LogP contribution in [-0.4, -0.2) is 34.8 Å². The Morgan fingerprint density at radius 1 is 1.59 bits per heavy atom. The van der Waals surface area contributed by atoms with E-state index in [1.54, 1.807) is 7.05 Å². The van der Waals surface area contributed by atoms with E-state index >= 15 is 0 Å². The number of esters is 3. The molecule has 0 spiro atoms. The monoisotopic (exact) mass is 238 g/mol. The Morgan fingerprint density at radius 2 is 2.29 bits per heavy atom. The highest BCUT2D eigenvalue weighted by molar-refractivity contribution is 6.00. The van der Waals surface area contributed by atoms with Crippen molar-refractivity contribution in [2.75, 3.05) is 7.11 Å². The molecule has 1 aromatic heterocycles. The normalized spacial score (nSPS) is 19.3. The van der Waals surface area contributed by atoms with E-state index in [9.17, 15) is 14.4 Å². The number of carbonyl (C=O) groups excluding carboxylic acids is 3. The number of hydrogen-bond donors (Lipinski definition) is 0. The highest BCUT2D eigenvalue weighted by Gasteiger charge is 2.39. The molecule has 7 heteroatoms. The molecule has 2 heterocycles. The molecule has 1 fully saturated rings. The van der Waals surface area contributed by atoms with Crippen LogP contribution in [0.5, 0.6) is 0 Å². The lowest BCUT2D eigenvalue weighted by atomic mass is 10.00. The second-order valence-electron chi connectivity index (χ2n) is 3.61. The highest BCUT2D eigenvalue weighted by atomic mass is 16.6. The number of carbonyl (C=O) groups is 3. The SMILES string of the molecule is COC(=O)c1cnn(C)c1C1CC(=O)OC1=O. The smallest absolute Gasteiger partial charge is 0.341 e. The Labute approximate surface area is 96.3 Å². The number of aromatic nitrogens is 2. The fourth-order valence-corrected chi connectivity index (χ4v) is 1.81. The summed E-state index contributed by atoms with van der Waals surface area (Å²) < 4.78 is 10.4. The first-order valence-electron chi connectivity index (χ1n) is 4.89. The molecule has 1 aliphatic rings. The Kier molecular flexibility index (Phi) is 2.66. The van der Waals surface area contributed by atoms with Crippen LogP contribution in [0.15, 0.2) is 6.20 Å². The van der Waals surface area contributed by atoms with Crippen molar-refractivity contribution in [2.45, 2.75) is 12.3 Å². The minimum atomic E-state index is -0.788. The third-order valence-electron chi connectivity index (χ3n) is 2.59. The molecule has 17 heavy (non-hydrogen) atoms. The molecular formula is C10H10N2O5. The Balaban J connectivity index is 2.44. The van der Waals surface area contributed by atoms with Crippen molar-refractivity contribution in [3.05, 3.63) is 17.5 Å². The fraction of sp³-hybridized carbons (Fsp3) is 0.400. The van der Waals surface area contributed by atoms with Crippen molar-refractivity contribution in [2.24, 2.45) is 7.05 Å². The van der Waals surface area contributed by atoms with E-state index in [2.05, 4.69) is 14.6 Å². The molecule has 0 saturated carbocycles. The standard InChI is InChI=1S/C10H10N2O5/c1-12-8(5-3-7(13)17-10(5)15)6(4-11-12)9(14)16-2/h4-5H,3H2,1-2H3. The molecule has 90 valence electrons. The Morgan fingerprint density at radius 3 is 2.82 bits per heavy atom. The number of nitrogens with zero attached hydrogens (tertiary/aromatic N) is 2. The lowest BCUT2D eigenvalue weighted by Crippen LogP contribution is -2.15. The van der Waals surface area contributed by atoms with Gasteiger partial charge in [0, 0.05) is 7.05 Å². The third-order valence-corrected chi connectivity index (χ3v) is 2.59. The number of methoxy groups -OCH3 is 1. The maximum atomic E-state index is 11.5. The Bertz CT molecular complexity index is 505.